The van der Waals surface area contributed by atoms with Crippen LogP contribution in [0.15, 0.2) is 29.2 Å². The Morgan fingerprint density at radius 3 is 2.53 bits per heavy atom. The van der Waals surface area contributed by atoms with Gasteiger partial charge >= 0.3 is 0 Å². The molecule has 0 radical (unpaired) electrons. The molecule has 0 saturated heterocycles. The van der Waals surface area contributed by atoms with E-state index in [1.165, 1.54) is 6.07 Å². The highest BCUT2D eigenvalue weighted by Crippen LogP contribution is 2.21. The van der Waals surface area contributed by atoms with E-state index >= 15 is 0 Å². The number of carbonyl (C=O) groups is 1. The number of sulfone groups is 1. The minimum atomic E-state index is -3.29. The Morgan fingerprint density at radius 1 is 1.41 bits per heavy atom. The lowest BCUT2D eigenvalue weighted by Gasteiger charge is -2.16. The van der Waals surface area contributed by atoms with Crippen LogP contribution in [0.3, 0.4) is 0 Å². The van der Waals surface area contributed by atoms with E-state index in [1.807, 2.05) is 0 Å². The normalized spacial score (nSPS) is 13.1. The van der Waals surface area contributed by atoms with E-state index in [1.54, 1.807) is 25.1 Å². The van der Waals surface area contributed by atoms with Gasteiger partial charge in [-0.2, -0.15) is 0 Å². The molecule has 0 aliphatic heterocycles. The molecule has 0 bridgehead atoms. The van der Waals surface area contributed by atoms with Crippen LogP contribution in [0.5, 0.6) is 0 Å². The molecule has 1 amide bonds. The van der Waals surface area contributed by atoms with Crippen LogP contribution in [-0.2, 0) is 14.6 Å². The second-order valence-electron chi connectivity index (χ2n) is 3.98. The molecule has 1 aromatic carbocycles. The van der Waals surface area contributed by atoms with Gasteiger partial charge in [-0.1, -0.05) is 12.1 Å². The van der Waals surface area contributed by atoms with Gasteiger partial charge in [0.2, 0.25) is 5.91 Å². The number of carbonyl (C=O) groups excluding carboxylic acids is 1. The van der Waals surface area contributed by atoms with Crippen LogP contribution in [0.4, 0.5) is 5.69 Å². The van der Waals surface area contributed by atoms with Crippen molar-refractivity contribution in [1.29, 1.82) is 0 Å². The summed E-state index contributed by atoms with van der Waals surface area (Å²) < 4.78 is 23.1. The maximum atomic E-state index is 11.5. The molecule has 0 aliphatic rings. The van der Waals surface area contributed by atoms with Crippen molar-refractivity contribution in [2.75, 3.05) is 11.6 Å². The van der Waals surface area contributed by atoms with Gasteiger partial charge in [-0.15, -0.1) is 0 Å². The Labute approximate surface area is 101 Å². The number of hydrogen-bond donors (Lipinski definition) is 2. The zero-order valence-electron chi connectivity index (χ0n) is 9.80. The number of primary amides is 1. The van der Waals surface area contributed by atoms with Crippen molar-refractivity contribution >= 4 is 21.4 Å². The minimum absolute atomic E-state index is 0.151. The SMILES string of the molecule is CC(CC(N)=O)Nc1ccccc1S(C)(=O)=O. The molecule has 0 heterocycles. The van der Waals surface area contributed by atoms with E-state index in [0.29, 0.717) is 5.69 Å². The van der Waals surface area contributed by atoms with Gasteiger partial charge in [-0.25, -0.2) is 8.42 Å². The Bertz CT molecular complexity index is 511. The molecule has 5 nitrogen and oxygen atoms in total. The number of rotatable bonds is 5. The molecule has 6 heteroatoms. The number of para-hydroxylation sites is 1. The lowest BCUT2D eigenvalue weighted by molar-refractivity contribution is -0.118. The zero-order chi connectivity index (χ0) is 13.1. The van der Waals surface area contributed by atoms with Gasteiger partial charge in [0.15, 0.2) is 9.84 Å². The van der Waals surface area contributed by atoms with Gasteiger partial charge in [0, 0.05) is 18.7 Å². The number of benzene rings is 1. The molecule has 94 valence electrons. The lowest BCUT2D eigenvalue weighted by atomic mass is 10.2. The summed E-state index contributed by atoms with van der Waals surface area (Å²) in [7, 11) is -3.29. The van der Waals surface area contributed by atoms with Gasteiger partial charge in [-0.3, -0.25) is 4.79 Å². The molecule has 0 saturated carbocycles. The molecule has 3 N–H and O–H groups in total. The standard InChI is InChI=1S/C11H16N2O3S/c1-8(7-11(12)14)13-9-5-3-4-6-10(9)17(2,15)16/h3-6,8,13H,7H2,1-2H3,(H2,12,14). The Hall–Kier alpha value is -1.56. The Balaban J connectivity index is 2.96. The monoisotopic (exact) mass is 256 g/mol. The van der Waals surface area contributed by atoms with E-state index in [9.17, 15) is 13.2 Å². The number of nitrogens with one attached hydrogen (secondary N) is 1. The summed E-state index contributed by atoms with van der Waals surface area (Å²) in [5, 5.41) is 2.97. The van der Waals surface area contributed by atoms with E-state index in [-0.39, 0.29) is 17.4 Å². The molecule has 0 spiro atoms. The molecule has 0 aromatic heterocycles. The van der Waals surface area contributed by atoms with Crippen molar-refractivity contribution in [1.82, 2.24) is 0 Å². The largest absolute Gasteiger partial charge is 0.381 e. The van der Waals surface area contributed by atoms with Gasteiger partial charge in [0.1, 0.15) is 0 Å². The highest BCUT2D eigenvalue weighted by Gasteiger charge is 2.14. The first-order valence-electron chi connectivity index (χ1n) is 5.14. The molecule has 0 fully saturated rings. The van der Waals surface area contributed by atoms with Crippen molar-refractivity contribution in [2.24, 2.45) is 5.73 Å². The minimum Gasteiger partial charge on any atom is -0.381 e. The Morgan fingerprint density at radius 2 is 2.00 bits per heavy atom. The van der Waals surface area contributed by atoms with Crippen molar-refractivity contribution in [3.05, 3.63) is 24.3 Å². The topological polar surface area (TPSA) is 89.3 Å². The van der Waals surface area contributed by atoms with Crippen molar-refractivity contribution in [2.45, 2.75) is 24.3 Å². The molecule has 1 rings (SSSR count). The summed E-state index contributed by atoms with van der Waals surface area (Å²) in [4.78, 5) is 11.0. The summed E-state index contributed by atoms with van der Waals surface area (Å²) in [6, 6.07) is 6.35. The molecule has 0 aliphatic carbocycles. The van der Waals surface area contributed by atoms with Crippen LogP contribution in [0.1, 0.15) is 13.3 Å². The Kier molecular flexibility index (Phi) is 4.11. The van der Waals surface area contributed by atoms with Crippen LogP contribution in [-0.4, -0.2) is 26.6 Å². The van der Waals surface area contributed by atoms with Crippen LogP contribution < -0.4 is 11.1 Å². The van der Waals surface area contributed by atoms with E-state index < -0.39 is 15.7 Å². The third kappa shape index (κ3) is 4.07. The van der Waals surface area contributed by atoms with E-state index in [0.717, 1.165) is 6.26 Å². The molecular weight excluding hydrogens is 240 g/mol. The first-order valence-corrected chi connectivity index (χ1v) is 7.04. The average molecular weight is 256 g/mol. The molecule has 1 atom stereocenters. The van der Waals surface area contributed by atoms with Crippen molar-refractivity contribution < 1.29 is 13.2 Å². The van der Waals surface area contributed by atoms with Gasteiger partial charge < -0.3 is 11.1 Å². The van der Waals surface area contributed by atoms with Gasteiger partial charge in [0.25, 0.3) is 0 Å². The predicted octanol–water partition coefficient (Wildman–Crippen LogP) is 0.766. The highest BCUT2D eigenvalue weighted by atomic mass is 32.2. The fourth-order valence-corrected chi connectivity index (χ4v) is 2.38. The summed E-state index contributed by atoms with van der Waals surface area (Å²) in [6.45, 7) is 1.77. The van der Waals surface area contributed by atoms with Crippen molar-refractivity contribution in [3.63, 3.8) is 0 Å². The van der Waals surface area contributed by atoms with Crippen LogP contribution >= 0.6 is 0 Å². The predicted molar refractivity (Wildman–Crippen MR) is 66.4 cm³/mol. The smallest absolute Gasteiger partial charge is 0.219 e. The fourth-order valence-electron chi connectivity index (χ4n) is 1.53. The fraction of sp³-hybridized carbons (Fsp3) is 0.364. The second kappa shape index (κ2) is 5.18. The zero-order valence-corrected chi connectivity index (χ0v) is 10.6. The summed E-state index contributed by atoms with van der Waals surface area (Å²) >= 11 is 0. The second-order valence-corrected chi connectivity index (χ2v) is 5.97. The number of anilines is 1. The van der Waals surface area contributed by atoms with Crippen LogP contribution in [0.25, 0.3) is 0 Å². The first-order chi connectivity index (χ1) is 7.80. The molecule has 17 heavy (non-hydrogen) atoms. The van der Waals surface area contributed by atoms with Crippen LogP contribution in [0.2, 0.25) is 0 Å². The van der Waals surface area contributed by atoms with Gasteiger partial charge in [0.05, 0.1) is 10.6 Å². The number of amides is 1. The van der Waals surface area contributed by atoms with E-state index in [4.69, 9.17) is 5.73 Å². The average Bonchev–Trinajstić information content (AvgIpc) is 2.15. The molecule has 1 unspecified atom stereocenters. The first kappa shape index (κ1) is 13.5. The lowest BCUT2D eigenvalue weighted by Crippen LogP contribution is -2.24. The quantitative estimate of drug-likeness (QED) is 0.814. The summed E-state index contributed by atoms with van der Waals surface area (Å²) in [5.41, 5.74) is 5.56. The third-order valence-electron chi connectivity index (χ3n) is 2.20. The molecular formula is C11H16N2O3S. The summed E-state index contributed by atoms with van der Waals surface area (Å²) in [6.07, 6.45) is 1.30. The van der Waals surface area contributed by atoms with E-state index in [2.05, 4.69) is 5.32 Å². The number of hydrogen-bond acceptors (Lipinski definition) is 4. The third-order valence-corrected chi connectivity index (χ3v) is 3.35. The maximum absolute atomic E-state index is 11.5. The van der Waals surface area contributed by atoms with Crippen LogP contribution in [0, 0.1) is 0 Å². The van der Waals surface area contributed by atoms with Gasteiger partial charge in [-0.05, 0) is 19.1 Å². The van der Waals surface area contributed by atoms with Crippen molar-refractivity contribution in [3.8, 4) is 0 Å². The maximum Gasteiger partial charge on any atom is 0.219 e. The highest BCUT2D eigenvalue weighted by molar-refractivity contribution is 7.90. The molecule has 1 aromatic rings. The summed E-state index contributed by atoms with van der Waals surface area (Å²) in [5.74, 6) is -0.429. The number of nitrogens with two attached hydrogens (primary N) is 1.